The number of carbonyl (C=O) groups is 2. The Labute approximate surface area is 188 Å². The molecule has 8 nitrogen and oxygen atoms in total. The van der Waals surface area contributed by atoms with Crippen molar-refractivity contribution in [2.45, 2.75) is 6.54 Å². The number of non-ortho nitro benzene ring substituents is 1. The zero-order valence-electron chi connectivity index (χ0n) is 17.2. The van der Waals surface area contributed by atoms with E-state index in [0.717, 1.165) is 0 Å². The van der Waals surface area contributed by atoms with Crippen molar-refractivity contribution < 1.29 is 23.6 Å². The summed E-state index contributed by atoms with van der Waals surface area (Å²) in [4.78, 5) is 36.3. The van der Waals surface area contributed by atoms with Crippen molar-refractivity contribution in [1.82, 2.24) is 0 Å². The molecule has 0 atom stereocenters. The van der Waals surface area contributed by atoms with Gasteiger partial charge in [0.1, 0.15) is 11.6 Å². The highest BCUT2D eigenvalue weighted by Crippen LogP contribution is 2.35. The van der Waals surface area contributed by atoms with Gasteiger partial charge < -0.3 is 15.0 Å². The number of anilines is 2. The average Bonchev–Trinajstić information content (AvgIpc) is 2.81. The van der Waals surface area contributed by atoms with Crippen LogP contribution in [0.25, 0.3) is 6.08 Å². The molecular weight excluding hydrogens is 429 g/mol. The monoisotopic (exact) mass is 447 g/mol. The van der Waals surface area contributed by atoms with Gasteiger partial charge >= 0.3 is 0 Å². The molecule has 0 radical (unpaired) electrons. The molecule has 0 aromatic heterocycles. The maximum absolute atomic E-state index is 14.1. The molecule has 0 bridgehead atoms. The second kappa shape index (κ2) is 9.31. The van der Waals surface area contributed by atoms with Crippen molar-refractivity contribution in [1.29, 1.82) is 0 Å². The number of fused-ring (bicyclic) bond motifs is 1. The van der Waals surface area contributed by atoms with Crippen molar-refractivity contribution in [3.05, 3.63) is 99.9 Å². The molecular formula is C24H18FN3O5. The third kappa shape index (κ3) is 5.04. The van der Waals surface area contributed by atoms with E-state index in [-0.39, 0.29) is 24.7 Å². The van der Waals surface area contributed by atoms with E-state index in [1.54, 1.807) is 36.4 Å². The van der Waals surface area contributed by atoms with Crippen LogP contribution in [0.2, 0.25) is 0 Å². The number of nitrogens with zero attached hydrogens (tertiary/aromatic N) is 2. The number of benzene rings is 3. The lowest BCUT2D eigenvalue weighted by molar-refractivity contribution is -0.384. The minimum Gasteiger partial charge on any atom is -0.481 e. The first-order chi connectivity index (χ1) is 15.9. The maximum atomic E-state index is 14.1. The third-order valence-electron chi connectivity index (χ3n) is 4.99. The maximum Gasteiger partial charge on any atom is 0.269 e. The summed E-state index contributed by atoms with van der Waals surface area (Å²) in [5, 5.41) is 13.4. The first-order valence-corrected chi connectivity index (χ1v) is 9.95. The number of nitro groups is 1. The van der Waals surface area contributed by atoms with Gasteiger partial charge in [-0.25, -0.2) is 4.39 Å². The molecule has 9 heteroatoms. The first kappa shape index (κ1) is 21.7. The molecule has 2 amide bonds. The lowest BCUT2D eigenvalue weighted by Gasteiger charge is -2.30. The van der Waals surface area contributed by atoms with Crippen LogP contribution < -0.4 is 15.0 Å². The highest BCUT2D eigenvalue weighted by Gasteiger charge is 2.26. The van der Waals surface area contributed by atoms with Gasteiger partial charge in [-0.3, -0.25) is 19.7 Å². The van der Waals surface area contributed by atoms with Gasteiger partial charge in [0.25, 0.3) is 11.6 Å². The zero-order valence-corrected chi connectivity index (χ0v) is 17.2. The quantitative estimate of drug-likeness (QED) is 0.345. The summed E-state index contributed by atoms with van der Waals surface area (Å²) >= 11 is 0. The molecule has 166 valence electrons. The van der Waals surface area contributed by atoms with E-state index >= 15 is 0 Å². The SMILES string of the molecule is O=C(/C=C/c1ccc([N+](=O)[O-])cc1)Nc1ccc2c(c1)OCC(=O)N2Cc1ccccc1F. The van der Waals surface area contributed by atoms with Crippen molar-refractivity contribution >= 4 is 35.0 Å². The molecule has 1 heterocycles. The lowest BCUT2D eigenvalue weighted by atomic mass is 10.1. The number of amides is 2. The van der Waals surface area contributed by atoms with Gasteiger partial charge in [-0.2, -0.15) is 0 Å². The van der Waals surface area contributed by atoms with Crippen LogP contribution in [0, 0.1) is 15.9 Å². The Bertz CT molecular complexity index is 1260. The molecule has 3 aromatic rings. The van der Waals surface area contributed by atoms with Crippen LogP contribution in [-0.2, 0) is 16.1 Å². The molecule has 1 aliphatic heterocycles. The second-order valence-electron chi connectivity index (χ2n) is 7.21. The highest BCUT2D eigenvalue weighted by atomic mass is 19.1. The van der Waals surface area contributed by atoms with Crippen LogP contribution in [0.4, 0.5) is 21.5 Å². The van der Waals surface area contributed by atoms with Crippen LogP contribution in [0.3, 0.4) is 0 Å². The Hall–Kier alpha value is -4.53. The van der Waals surface area contributed by atoms with E-state index in [1.807, 2.05) is 0 Å². The Kier molecular flexibility index (Phi) is 6.12. The lowest BCUT2D eigenvalue weighted by Crippen LogP contribution is -2.38. The van der Waals surface area contributed by atoms with Gasteiger partial charge in [-0.05, 0) is 42.0 Å². The summed E-state index contributed by atoms with van der Waals surface area (Å²) in [6.07, 6.45) is 2.83. The summed E-state index contributed by atoms with van der Waals surface area (Å²) in [5.74, 6) is -0.720. The number of nitro benzene ring substituents is 1. The fourth-order valence-electron chi connectivity index (χ4n) is 3.32. The van der Waals surface area contributed by atoms with Crippen LogP contribution in [-0.4, -0.2) is 23.3 Å². The number of rotatable bonds is 6. The number of hydrogen-bond donors (Lipinski definition) is 1. The molecule has 1 aliphatic rings. The molecule has 0 unspecified atom stereocenters. The van der Waals surface area contributed by atoms with E-state index in [9.17, 15) is 24.1 Å². The predicted molar refractivity (Wildman–Crippen MR) is 120 cm³/mol. The third-order valence-corrected chi connectivity index (χ3v) is 4.99. The van der Waals surface area contributed by atoms with Gasteiger partial charge in [0, 0.05) is 35.5 Å². The van der Waals surface area contributed by atoms with Crippen LogP contribution >= 0.6 is 0 Å². The fourth-order valence-corrected chi connectivity index (χ4v) is 3.32. The number of nitrogens with one attached hydrogen (secondary N) is 1. The summed E-state index contributed by atoms with van der Waals surface area (Å²) in [6, 6.07) is 16.9. The Morgan fingerprint density at radius 2 is 1.91 bits per heavy atom. The van der Waals surface area contributed by atoms with E-state index in [1.165, 1.54) is 47.4 Å². The number of halogens is 1. The van der Waals surface area contributed by atoms with Crippen molar-refractivity contribution in [3.8, 4) is 5.75 Å². The number of carbonyl (C=O) groups excluding carboxylic acids is 2. The van der Waals surface area contributed by atoms with Crippen LogP contribution in [0.1, 0.15) is 11.1 Å². The second-order valence-corrected chi connectivity index (χ2v) is 7.21. The van der Waals surface area contributed by atoms with Crippen LogP contribution in [0.5, 0.6) is 5.75 Å². The van der Waals surface area contributed by atoms with E-state index in [2.05, 4.69) is 5.32 Å². The van der Waals surface area contributed by atoms with Gasteiger partial charge in [-0.1, -0.05) is 18.2 Å². The minimum absolute atomic E-state index is 0.0341. The average molecular weight is 447 g/mol. The summed E-state index contributed by atoms with van der Waals surface area (Å²) in [6.45, 7) is -0.134. The van der Waals surface area contributed by atoms with Crippen LogP contribution in [0.15, 0.2) is 72.8 Å². The van der Waals surface area contributed by atoms with Crippen molar-refractivity contribution in [2.75, 3.05) is 16.8 Å². The largest absolute Gasteiger partial charge is 0.481 e. The summed E-state index contributed by atoms with van der Waals surface area (Å²) < 4.78 is 19.6. The van der Waals surface area contributed by atoms with E-state index in [0.29, 0.717) is 28.3 Å². The molecule has 0 saturated carbocycles. The van der Waals surface area contributed by atoms with Gasteiger partial charge in [0.2, 0.25) is 5.91 Å². The number of hydrogen-bond acceptors (Lipinski definition) is 5. The molecule has 0 aliphatic carbocycles. The van der Waals surface area contributed by atoms with E-state index in [4.69, 9.17) is 4.74 Å². The molecule has 0 saturated heterocycles. The summed E-state index contributed by atoms with van der Waals surface area (Å²) in [5.41, 5.74) is 1.91. The first-order valence-electron chi connectivity index (χ1n) is 9.95. The Balaban J connectivity index is 1.46. The Morgan fingerprint density at radius 3 is 2.64 bits per heavy atom. The molecule has 1 N–H and O–H groups in total. The van der Waals surface area contributed by atoms with E-state index < -0.39 is 16.6 Å². The van der Waals surface area contributed by atoms with Gasteiger partial charge in [0.05, 0.1) is 17.2 Å². The smallest absolute Gasteiger partial charge is 0.269 e. The zero-order chi connectivity index (χ0) is 23.4. The number of ether oxygens (including phenoxy) is 1. The molecule has 0 fully saturated rings. The predicted octanol–water partition coefficient (Wildman–Crippen LogP) is 4.31. The highest BCUT2D eigenvalue weighted by molar-refractivity contribution is 6.03. The normalized spacial score (nSPS) is 12.9. The minimum atomic E-state index is -0.497. The molecule has 0 spiro atoms. The molecule has 4 rings (SSSR count). The van der Waals surface area contributed by atoms with Crippen molar-refractivity contribution in [2.24, 2.45) is 0 Å². The standard InChI is InChI=1S/C24H18FN3O5/c25-20-4-2-1-3-17(20)14-27-21-11-8-18(13-22(21)33-15-24(27)30)26-23(29)12-7-16-5-9-19(10-6-16)28(31)32/h1-13H,14-15H2,(H,26,29)/b12-7+. The molecule has 33 heavy (non-hydrogen) atoms. The van der Waals surface area contributed by atoms with Gasteiger partial charge in [0.15, 0.2) is 6.61 Å². The topological polar surface area (TPSA) is 102 Å². The van der Waals surface area contributed by atoms with Gasteiger partial charge in [-0.15, -0.1) is 0 Å². The fraction of sp³-hybridized carbons (Fsp3) is 0.0833. The molecule has 3 aromatic carbocycles. The Morgan fingerprint density at radius 1 is 1.15 bits per heavy atom. The summed E-state index contributed by atoms with van der Waals surface area (Å²) in [7, 11) is 0. The van der Waals surface area contributed by atoms with Crippen molar-refractivity contribution in [3.63, 3.8) is 0 Å².